The quantitative estimate of drug-likeness (QED) is 0.654. The van der Waals surface area contributed by atoms with Gasteiger partial charge in [-0.1, -0.05) is 29.3 Å². The third-order valence-corrected chi connectivity index (χ3v) is 6.97. The number of methoxy groups -OCH3 is 1. The third kappa shape index (κ3) is 5.11. The number of halogens is 2. The van der Waals surface area contributed by atoms with Crippen LogP contribution >= 0.6 is 23.2 Å². The van der Waals surface area contributed by atoms with Crippen molar-refractivity contribution in [1.29, 1.82) is 0 Å². The normalized spacial score (nSPS) is 15.0. The summed E-state index contributed by atoms with van der Waals surface area (Å²) in [6, 6.07) is 9.35. The van der Waals surface area contributed by atoms with Gasteiger partial charge >= 0.3 is 0 Å². The minimum absolute atomic E-state index is 0.111. The molecule has 0 aromatic heterocycles. The Morgan fingerprint density at radius 3 is 2.52 bits per heavy atom. The molecule has 2 aromatic carbocycles. The molecule has 1 fully saturated rings. The van der Waals surface area contributed by atoms with Gasteiger partial charge < -0.3 is 10.1 Å². The predicted molar refractivity (Wildman–Crippen MR) is 115 cm³/mol. The van der Waals surface area contributed by atoms with Crippen molar-refractivity contribution in [3.05, 3.63) is 58.1 Å². The van der Waals surface area contributed by atoms with E-state index in [1.807, 2.05) is 0 Å². The molecule has 3 rings (SSSR count). The van der Waals surface area contributed by atoms with Crippen molar-refractivity contribution < 1.29 is 17.9 Å². The van der Waals surface area contributed by atoms with Crippen LogP contribution in [0.1, 0.15) is 18.4 Å². The van der Waals surface area contributed by atoms with E-state index in [4.69, 9.17) is 27.9 Å². The second-order valence-electron chi connectivity index (χ2n) is 6.46. The molecule has 2 aromatic rings. The monoisotopic (exact) mass is 454 g/mol. The fourth-order valence-corrected chi connectivity index (χ4v) is 5.01. The third-order valence-electron chi connectivity index (χ3n) is 4.51. The lowest BCUT2D eigenvalue weighted by Crippen LogP contribution is -2.28. The van der Waals surface area contributed by atoms with E-state index in [1.54, 1.807) is 24.3 Å². The first-order valence-electron chi connectivity index (χ1n) is 8.93. The molecule has 1 saturated heterocycles. The van der Waals surface area contributed by atoms with E-state index in [9.17, 15) is 13.2 Å². The van der Waals surface area contributed by atoms with E-state index in [1.165, 1.54) is 35.7 Å². The molecule has 6 nitrogen and oxygen atoms in total. The van der Waals surface area contributed by atoms with Gasteiger partial charge in [0.05, 0.1) is 17.7 Å². The molecule has 1 heterocycles. The van der Waals surface area contributed by atoms with Crippen molar-refractivity contribution in [3.63, 3.8) is 0 Å². The van der Waals surface area contributed by atoms with Gasteiger partial charge in [-0.05, 0) is 54.8 Å². The summed E-state index contributed by atoms with van der Waals surface area (Å²) in [5, 5.41) is 3.57. The van der Waals surface area contributed by atoms with Crippen LogP contribution in [-0.2, 0) is 14.8 Å². The number of benzene rings is 2. The highest BCUT2D eigenvalue weighted by Gasteiger charge is 2.28. The van der Waals surface area contributed by atoms with Gasteiger partial charge in [-0.3, -0.25) is 4.79 Å². The molecular weight excluding hydrogens is 435 g/mol. The van der Waals surface area contributed by atoms with Crippen LogP contribution < -0.4 is 10.1 Å². The molecule has 1 aliphatic heterocycles. The van der Waals surface area contributed by atoms with Gasteiger partial charge in [0.1, 0.15) is 5.75 Å². The van der Waals surface area contributed by atoms with Crippen LogP contribution in [0, 0.1) is 0 Å². The predicted octanol–water partition coefficient (Wildman–Crippen LogP) is 4.44. The highest BCUT2D eigenvalue weighted by atomic mass is 35.5. The maximum Gasteiger partial charge on any atom is 0.248 e. The van der Waals surface area contributed by atoms with Gasteiger partial charge in [0, 0.05) is 29.2 Å². The van der Waals surface area contributed by atoms with E-state index in [0.717, 1.165) is 12.8 Å². The van der Waals surface area contributed by atoms with Gasteiger partial charge in [0.2, 0.25) is 15.9 Å². The number of carbonyl (C=O) groups excluding carboxylic acids is 1. The summed E-state index contributed by atoms with van der Waals surface area (Å²) in [4.78, 5) is 12.5. The molecule has 1 amide bonds. The Kier molecular flexibility index (Phi) is 6.85. The minimum atomic E-state index is -3.61. The van der Waals surface area contributed by atoms with Crippen LogP contribution in [0.25, 0.3) is 6.08 Å². The van der Waals surface area contributed by atoms with Crippen molar-refractivity contribution in [1.82, 2.24) is 4.31 Å². The number of anilines is 1. The molecule has 1 aliphatic rings. The highest BCUT2D eigenvalue weighted by molar-refractivity contribution is 7.89. The maximum absolute atomic E-state index is 12.8. The number of rotatable bonds is 6. The molecule has 0 saturated carbocycles. The molecule has 0 bridgehead atoms. The first kappa shape index (κ1) is 21.6. The summed E-state index contributed by atoms with van der Waals surface area (Å²) in [5.74, 6) is -0.0957. The first-order valence-corrected chi connectivity index (χ1v) is 11.1. The zero-order chi connectivity index (χ0) is 21.0. The Bertz CT molecular complexity index is 1050. The molecule has 29 heavy (non-hydrogen) atoms. The van der Waals surface area contributed by atoms with Gasteiger partial charge in [-0.25, -0.2) is 8.42 Å². The van der Waals surface area contributed by atoms with E-state index < -0.39 is 15.9 Å². The molecule has 0 aliphatic carbocycles. The molecule has 9 heteroatoms. The smallest absolute Gasteiger partial charge is 0.248 e. The van der Waals surface area contributed by atoms with Gasteiger partial charge in [0.25, 0.3) is 0 Å². The summed E-state index contributed by atoms with van der Waals surface area (Å²) >= 11 is 12.0. The zero-order valence-corrected chi connectivity index (χ0v) is 18.0. The second-order valence-corrected chi connectivity index (χ2v) is 9.24. The Hall–Kier alpha value is -2.06. The molecule has 0 radical (unpaired) electrons. The summed E-state index contributed by atoms with van der Waals surface area (Å²) in [6.07, 6.45) is 4.54. The highest BCUT2D eigenvalue weighted by Crippen LogP contribution is 2.30. The fourth-order valence-electron chi connectivity index (χ4n) is 3.00. The van der Waals surface area contributed by atoms with Crippen molar-refractivity contribution in [2.75, 3.05) is 25.5 Å². The van der Waals surface area contributed by atoms with E-state index in [0.29, 0.717) is 34.4 Å². The summed E-state index contributed by atoms with van der Waals surface area (Å²) in [5.41, 5.74) is 0.896. The van der Waals surface area contributed by atoms with Crippen LogP contribution in [0.5, 0.6) is 5.75 Å². The molecule has 1 N–H and O–H groups in total. The lowest BCUT2D eigenvalue weighted by atomic mass is 10.2. The Balaban J connectivity index is 1.82. The van der Waals surface area contributed by atoms with E-state index >= 15 is 0 Å². The van der Waals surface area contributed by atoms with Crippen LogP contribution in [0.2, 0.25) is 10.0 Å². The van der Waals surface area contributed by atoms with Crippen LogP contribution in [-0.4, -0.2) is 38.8 Å². The number of sulfonamides is 1. The zero-order valence-electron chi connectivity index (χ0n) is 15.7. The van der Waals surface area contributed by atoms with Gasteiger partial charge in [-0.2, -0.15) is 4.31 Å². The number of nitrogens with one attached hydrogen (secondary N) is 1. The van der Waals surface area contributed by atoms with Gasteiger partial charge in [-0.15, -0.1) is 0 Å². The minimum Gasteiger partial charge on any atom is -0.495 e. The molecule has 154 valence electrons. The summed E-state index contributed by atoms with van der Waals surface area (Å²) in [7, 11) is -2.16. The number of ether oxygens (including phenoxy) is 1. The van der Waals surface area contributed by atoms with Crippen molar-refractivity contribution >= 4 is 50.9 Å². The lowest BCUT2D eigenvalue weighted by molar-refractivity contribution is -0.111. The standard InChI is InChI=1S/C20H20Cl2N2O4S/c1-28-19-8-7-16(29(26,27)24-10-2-3-11-24)13-18(19)23-20(25)9-5-14-4-6-15(21)12-17(14)22/h4-9,12-13H,2-3,10-11H2,1H3,(H,23,25)/b9-5+. The lowest BCUT2D eigenvalue weighted by Gasteiger charge is -2.17. The average molecular weight is 455 g/mol. The largest absolute Gasteiger partial charge is 0.495 e. The van der Waals surface area contributed by atoms with Crippen LogP contribution in [0.3, 0.4) is 0 Å². The number of nitrogens with zero attached hydrogens (tertiary/aromatic N) is 1. The summed E-state index contributed by atoms with van der Waals surface area (Å²) < 4.78 is 32.3. The number of hydrogen-bond donors (Lipinski definition) is 1. The van der Waals surface area contributed by atoms with E-state index in [2.05, 4.69) is 5.32 Å². The van der Waals surface area contributed by atoms with Crippen LogP contribution in [0.4, 0.5) is 5.69 Å². The Labute approximate surface area is 180 Å². The number of carbonyl (C=O) groups is 1. The van der Waals surface area contributed by atoms with Crippen molar-refractivity contribution in [3.8, 4) is 5.75 Å². The second kappa shape index (κ2) is 9.17. The molecule has 0 spiro atoms. The topological polar surface area (TPSA) is 75.7 Å². The van der Waals surface area contributed by atoms with E-state index in [-0.39, 0.29) is 10.6 Å². The first-order chi connectivity index (χ1) is 13.8. The van der Waals surface area contributed by atoms with Crippen LogP contribution in [0.15, 0.2) is 47.4 Å². The number of hydrogen-bond acceptors (Lipinski definition) is 4. The fraction of sp³-hybridized carbons (Fsp3) is 0.250. The van der Waals surface area contributed by atoms with Gasteiger partial charge in [0.15, 0.2) is 0 Å². The molecular formula is C20H20Cl2N2O4S. The number of amides is 1. The molecule has 0 atom stereocenters. The SMILES string of the molecule is COc1ccc(S(=O)(=O)N2CCCC2)cc1NC(=O)/C=C/c1ccc(Cl)cc1Cl. The maximum atomic E-state index is 12.8. The van der Waals surface area contributed by atoms with Crippen molar-refractivity contribution in [2.45, 2.75) is 17.7 Å². The van der Waals surface area contributed by atoms with Crippen molar-refractivity contribution in [2.24, 2.45) is 0 Å². The Morgan fingerprint density at radius 1 is 1.14 bits per heavy atom. The summed E-state index contributed by atoms with van der Waals surface area (Å²) in [6.45, 7) is 1.00. The average Bonchev–Trinajstić information content (AvgIpc) is 3.23. The Morgan fingerprint density at radius 2 is 1.86 bits per heavy atom. The molecule has 0 unspecified atom stereocenters.